The van der Waals surface area contributed by atoms with Crippen LogP contribution in [0.5, 0.6) is 0 Å². The fraction of sp³-hybridized carbons (Fsp3) is 0.611. The summed E-state index contributed by atoms with van der Waals surface area (Å²) in [5.41, 5.74) is 2.81. The highest BCUT2D eigenvalue weighted by molar-refractivity contribution is 5.85. The lowest BCUT2D eigenvalue weighted by atomic mass is 9.52. The maximum absolute atomic E-state index is 10.7. The van der Waals surface area contributed by atoms with Crippen molar-refractivity contribution in [2.24, 2.45) is 22.7 Å². The van der Waals surface area contributed by atoms with Gasteiger partial charge in [-0.2, -0.15) is 5.26 Å². The fourth-order valence-electron chi connectivity index (χ4n) is 5.67. The van der Waals surface area contributed by atoms with Gasteiger partial charge in [0, 0.05) is 24.9 Å². The van der Waals surface area contributed by atoms with Crippen LogP contribution in [-0.2, 0) is 6.42 Å². The number of hydrogen-bond donors (Lipinski definition) is 2. The van der Waals surface area contributed by atoms with Crippen molar-refractivity contribution in [3.8, 4) is 6.07 Å². The molecule has 1 aromatic rings. The van der Waals surface area contributed by atoms with Crippen LogP contribution in [0.2, 0.25) is 0 Å². The van der Waals surface area contributed by atoms with Crippen molar-refractivity contribution in [2.45, 2.75) is 50.2 Å². The molecule has 2 N–H and O–H groups in total. The maximum atomic E-state index is 10.7. The van der Waals surface area contributed by atoms with Crippen LogP contribution in [0, 0.1) is 29.1 Å². The van der Waals surface area contributed by atoms with Gasteiger partial charge >= 0.3 is 0 Å². The standard InChI is InChI=1S/C18H20N4O/c19-8-13-9-21-14-1-2-20-17(14)16(13)22-15-11-3-10-4-12(15)7-18(23,5-10)6-11/h2,9-12,15,23H,1,3-7H2,(H,21,22). The second-order valence-electron chi connectivity index (χ2n) is 7.83. The molecule has 1 aliphatic heterocycles. The Morgan fingerprint density at radius 1 is 1.26 bits per heavy atom. The van der Waals surface area contributed by atoms with Crippen molar-refractivity contribution in [3.05, 3.63) is 17.5 Å². The smallest absolute Gasteiger partial charge is 0.109 e. The Kier molecular flexibility index (Phi) is 2.67. The summed E-state index contributed by atoms with van der Waals surface area (Å²) >= 11 is 0. The lowest BCUT2D eigenvalue weighted by Gasteiger charge is -2.58. The molecule has 0 radical (unpaired) electrons. The number of nitrogens with zero attached hydrogens (tertiary/aromatic N) is 3. The summed E-state index contributed by atoms with van der Waals surface area (Å²) in [5.74, 6) is 1.70. The van der Waals surface area contributed by atoms with Crippen LogP contribution in [-0.4, -0.2) is 27.9 Å². The summed E-state index contributed by atoms with van der Waals surface area (Å²) in [6.07, 6.45) is 9.47. The predicted molar refractivity (Wildman–Crippen MR) is 86.7 cm³/mol. The van der Waals surface area contributed by atoms with Crippen molar-refractivity contribution in [1.82, 2.24) is 4.98 Å². The van der Waals surface area contributed by atoms with Crippen LogP contribution in [0.4, 0.5) is 11.4 Å². The molecule has 2 atom stereocenters. The molecule has 5 aliphatic rings. The number of nitrogens with one attached hydrogen (secondary N) is 1. The lowest BCUT2D eigenvalue weighted by molar-refractivity contribution is -0.129. The van der Waals surface area contributed by atoms with Gasteiger partial charge in [-0.25, -0.2) is 0 Å². The van der Waals surface area contributed by atoms with Gasteiger partial charge in [-0.3, -0.25) is 9.98 Å². The summed E-state index contributed by atoms with van der Waals surface area (Å²) in [7, 11) is 0. The van der Waals surface area contributed by atoms with Crippen LogP contribution >= 0.6 is 0 Å². The molecule has 0 amide bonds. The molecule has 4 aliphatic carbocycles. The van der Waals surface area contributed by atoms with Gasteiger partial charge in [-0.05, 0) is 49.9 Å². The van der Waals surface area contributed by atoms with Gasteiger partial charge in [0.15, 0.2) is 0 Å². The predicted octanol–water partition coefficient (Wildman–Crippen LogP) is 2.56. The zero-order chi connectivity index (χ0) is 15.6. The van der Waals surface area contributed by atoms with E-state index in [9.17, 15) is 10.4 Å². The molecule has 1 aromatic heterocycles. The van der Waals surface area contributed by atoms with Gasteiger partial charge in [0.1, 0.15) is 11.8 Å². The lowest BCUT2D eigenvalue weighted by Crippen LogP contribution is -2.59. The number of nitriles is 1. The number of aromatic nitrogens is 1. The molecule has 5 nitrogen and oxygen atoms in total. The summed E-state index contributed by atoms with van der Waals surface area (Å²) in [5, 5.41) is 23.9. The monoisotopic (exact) mass is 308 g/mol. The topological polar surface area (TPSA) is 81.3 Å². The van der Waals surface area contributed by atoms with E-state index in [1.165, 1.54) is 12.8 Å². The Labute approximate surface area is 135 Å². The van der Waals surface area contributed by atoms with E-state index in [1.807, 2.05) is 6.21 Å². The van der Waals surface area contributed by atoms with Crippen LogP contribution < -0.4 is 5.32 Å². The maximum Gasteiger partial charge on any atom is 0.109 e. The van der Waals surface area contributed by atoms with Gasteiger partial charge < -0.3 is 10.4 Å². The number of pyridine rings is 1. The van der Waals surface area contributed by atoms with E-state index in [1.54, 1.807) is 6.20 Å². The van der Waals surface area contributed by atoms with Crippen LogP contribution in [0.25, 0.3) is 0 Å². The van der Waals surface area contributed by atoms with E-state index in [2.05, 4.69) is 21.4 Å². The van der Waals surface area contributed by atoms with E-state index in [0.29, 0.717) is 29.4 Å². The zero-order valence-electron chi connectivity index (χ0n) is 13.0. The zero-order valence-corrected chi connectivity index (χ0v) is 13.0. The minimum Gasteiger partial charge on any atom is -0.390 e. The molecular formula is C18H20N4O. The van der Waals surface area contributed by atoms with Crippen molar-refractivity contribution >= 4 is 17.6 Å². The SMILES string of the molecule is N#Cc1cnc2c(c1NC1C3CC4CC1CC(O)(C4)C3)N=CC2. The second kappa shape index (κ2) is 4.55. The summed E-state index contributed by atoms with van der Waals surface area (Å²) in [4.78, 5) is 8.81. The molecule has 4 fully saturated rings. The summed E-state index contributed by atoms with van der Waals surface area (Å²) < 4.78 is 0. The van der Waals surface area contributed by atoms with Gasteiger partial charge in [0.2, 0.25) is 0 Å². The normalized spacial score (nSPS) is 39.3. The highest BCUT2D eigenvalue weighted by Gasteiger charge is 2.54. The largest absolute Gasteiger partial charge is 0.390 e. The second-order valence-corrected chi connectivity index (χ2v) is 7.83. The fourth-order valence-corrected chi connectivity index (χ4v) is 5.67. The number of hydrogen-bond acceptors (Lipinski definition) is 5. The van der Waals surface area contributed by atoms with E-state index in [-0.39, 0.29) is 0 Å². The molecule has 0 saturated heterocycles. The van der Waals surface area contributed by atoms with Gasteiger partial charge in [0.05, 0.1) is 22.5 Å². The molecule has 4 saturated carbocycles. The number of rotatable bonds is 2. The van der Waals surface area contributed by atoms with Crippen LogP contribution in [0.3, 0.4) is 0 Å². The summed E-state index contributed by atoms with van der Waals surface area (Å²) in [6.45, 7) is 0. The molecular weight excluding hydrogens is 288 g/mol. The van der Waals surface area contributed by atoms with Gasteiger partial charge in [-0.15, -0.1) is 0 Å². The molecule has 2 heterocycles. The first-order chi connectivity index (χ1) is 11.1. The minimum atomic E-state index is -0.426. The van der Waals surface area contributed by atoms with Gasteiger partial charge in [0.25, 0.3) is 0 Å². The Morgan fingerprint density at radius 2 is 2.04 bits per heavy atom. The first-order valence-electron chi connectivity index (χ1n) is 8.59. The van der Waals surface area contributed by atoms with E-state index >= 15 is 0 Å². The highest BCUT2D eigenvalue weighted by Crippen LogP contribution is 2.56. The van der Waals surface area contributed by atoms with Crippen molar-refractivity contribution in [2.75, 3.05) is 5.32 Å². The third-order valence-corrected chi connectivity index (χ3v) is 6.31. The summed E-state index contributed by atoms with van der Waals surface area (Å²) in [6, 6.07) is 2.61. The molecule has 23 heavy (non-hydrogen) atoms. The first-order valence-corrected chi connectivity index (χ1v) is 8.59. The van der Waals surface area contributed by atoms with E-state index < -0.39 is 5.60 Å². The van der Waals surface area contributed by atoms with E-state index in [4.69, 9.17) is 0 Å². The van der Waals surface area contributed by atoms with Crippen molar-refractivity contribution in [3.63, 3.8) is 0 Å². The first kappa shape index (κ1) is 13.5. The molecule has 5 heteroatoms. The van der Waals surface area contributed by atoms with E-state index in [0.717, 1.165) is 42.8 Å². The van der Waals surface area contributed by atoms with Crippen LogP contribution in [0.1, 0.15) is 43.4 Å². The molecule has 6 rings (SSSR count). The molecule has 118 valence electrons. The molecule has 0 aromatic carbocycles. The molecule has 0 spiro atoms. The Morgan fingerprint density at radius 3 is 2.74 bits per heavy atom. The minimum absolute atomic E-state index is 0.348. The third-order valence-electron chi connectivity index (χ3n) is 6.31. The molecule has 2 unspecified atom stereocenters. The highest BCUT2D eigenvalue weighted by atomic mass is 16.3. The number of aliphatic hydroxyl groups is 1. The Balaban J connectivity index is 1.51. The Hall–Kier alpha value is -1.93. The number of aliphatic imine (C=N–C) groups is 1. The third kappa shape index (κ3) is 1.94. The van der Waals surface area contributed by atoms with Crippen molar-refractivity contribution in [1.29, 1.82) is 5.26 Å². The number of fused-ring (bicyclic) bond motifs is 1. The van der Waals surface area contributed by atoms with Crippen molar-refractivity contribution < 1.29 is 5.11 Å². The average Bonchev–Trinajstić information content (AvgIpc) is 2.98. The van der Waals surface area contributed by atoms with Crippen LogP contribution in [0.15, 0.2) is 11.2 Å². The Bertz CT molecular complexity index is 734. The quantitative estimate of drug-likeness (QED) is 0.880. The molecule has 4 bridgehead atoms. The number of anilines is 1. The average molecular weight is 308 g/mol. The van der Waals surface area contributed by atoms with Gasteiger partial charge in [-0.1, -0.05) is 0 Å².